The zero-order chi connectivity index (χ0) is 17.1. The van der Waals surface area contributed by atoms with Crippen LogP contribution >= 0.6 is 0 Å². The van der Waals surface area contributed by atoms with Crippen LogP contribution in [0.15, 0.2) is 39.9 Å². The lowest BCUT2D eigenvalue weighted by molar-refractivity contribution is -0.121. The number of amides is 1. The van der Waals surface area contributed by atoms with Crippen molar-refractivity contribution in [3.63, 3.8) is 0 Å². The molecule has 124 valence electrons. The lowest BCUT2D eigenvalue weighted by Gasteiger charge is -2.02. The first kappa shape index (κ1) is 16.0. The Morgan fingerprint density at radius 1 is 1.38 bits per heavy atom. The summed E-state index contributed by atoms with van der Waals surface area (Å²) in [7, 11) is 0. The number of furan rings is 1. The molecule has 1 N–H and O–H groups in total. The van der Waals surface area contributed by atoms with Gasteiger partial charge in [-0.05, 0) is 26.0 Å². The second-order valence-electron chi connectivity index (χ2n) is 5.67. The molecule has 2 aromatic heterocycles. The third kappa shape index (κ3) is 3.22. The molecule has 3 aromatic rings. The zero-order valence-corrected chi connectivity index (χ0v) is 14.0. The van der Waals surface area contributed by atoms with E-state index in [1.165, 1.54) is 0 Å². The van der Waals surface area contributed by atoms with Crippen molar-refractivity contribution in [2.45, 2.75) is 33.7 Å². The molecule has 2 heterocycles. The molecule has 0 radical (unpaired) electrons. The van der Waals surface area contributed by atoms with Crippen molar-refractivity contribution in [2.24, 2.45) is 5.10 Å². The fourth-order valence-electron chi connectivity index (χ4n) is 2.70. The Morgan fingerprint density at radius 2 is 2.17 bits per heavy atom. The number of para-hydroxylation sites is 1. The van der Waals surface area contributed by atoms with E-state index in [4.69, 9.17) is 4.42 Å². The van der Waals surface area contributed by atoms with E-state index in [1.807, 2.05) is 51.1 Å². The van der Waals surface area contributed by atoms with Crippen molar-refractivity contribution in [1.82, 2.24) is 15.2 Å². The number of hydrogen-bond acceptors (Lipinski definition) is 4. The number of rotatable bonds is 5. The summed E-state index contributed by atoms with van der Waals surface area (Å²) in [4.78, 5) is 12.0. The van der Waals surface area contributed by atoms with E-state index in [1.54, 1.807) is 10.9 Å². The molecular weight excluding hydrogens is 304 g/mol. The van der Waals surface area contributed by atoms with E-state index in [0.717, 1.165) is 40.1 Å². The third-order valence-electron chi connectivity index (χ3n) is 3.81. The number of carbonyl (C=O) groups excluding carboxylic acids is 1. The molecule has 0 aliphatic carbocycles. The summed E-state index contributed by atoms with van der Waals surface area (Å²) < 4.78 is 7.46. The van der Waals surface area contributed by atoms with Gasteiger partial charge < -0.3 is 4.42 Å². The Kier molecular flexibility index (Phi) is 4.46. The summed E-state index contributed by atoms with van der Waals surface area (Å²) in [6.45, 7) is 5.98. The van der Waals surface area contributed by atoms with E-state index < -0.39 is 0 Å². The molecule has 1 aromatic carbocycles. The molecule has 0 atom stereocenters. The Morgan fingerprint density at radius 3 is 2.88 bits per heavy atom. The monoisotopic (exact) mass is 324 g/mol. The first-order valence-corrected chi connectivity index (χ1v) is 7.92. The highest BCUT2D eigenvalue weighted by molar-refractivity contribution is 5.99. The largest absolute Gasteiger partial charge is 0.460 e. The van der Waals surface area contributed by atoms with Crippen LogP contribution in [-0.2, 0) is 17.8 Å². The van der Waals surface area contributed by atoms with E-state index in [2.05, 4.69) is 15.6 Å². The number of nitrogens with zero attached hydrogens (tertiary/aromatic N) is 3. The highest BCUT2D eigenvalue weighted by Gasteiger charge is 2.11. The van der Waals surface area contributed by atoms with Crippen LogP contribution < -0.4 is 5.43 Å². The van der Waals surface area contributed by atoms with Gasteiger partial charge in [0.1, 0.15) is 17.9 Å². The number of aryl methyl sites for hydroxylation is 3. The van der Waals surface area contributed by atoms with Crippen molar-refractivity contribution < 1.29 is 9.21 Å². The highest BCUT2D eigenvalue weighted by Crippen LogP contribution is 2.24. The van der Waals surface area contributed by atoms with Crippen LogP contribution in [-0.4, -0.2) is 21.9 Å². The molecule has 0 aliphatic heterocycles. The molecule has 0 aliphatic rings. The van der Waals surface area contributed by atoms with Crippen LogP contribution in [0.2, 0.25) is 0 Å². The standard InChI is InChI=1S/C18H20N4O2/c1-4-16-15(14-7-5-6-8-17(14)24-16)10-19-20-18(23)11-22-13(3)9-12(2)21-22/h5-10H,4,11H2,1-3H3,(H,20,23)/b19-10-. The second-order valence-corrected chi connectivity index (χ2v) is 5.67. The van der Waals surface area contributed by atoms with Gasteiger partial charge in [-0.3, -0.25) is 9.48 Å². The van der Waals surface area contributed by atoms with Gasteiger partial charge in [-0.1, -0.05) is 25.1 Å². The number of hydrazone groups is 1. The molecule has 0 saturated carbocycles. The minimum atomic E-state index is -0.219. The maximum Gasteiger partial charge on any atom is 0.261 e. The minimum absolute atomic E-state index is 0.143. The smallest absolute Gasteiger partial charge is 0.261 e. The van der Waals surface area contributed by atoms with Gasteiger partial charge in [-0.2, -0.15) is 10.2 Å². The van der Waals surface area contributed by atoms with Crippen LogP contribution in [0.25, 0.3) is 11.0 Å². The van der Waals surface area contributed by atoms with Gasteiger partial charge in [0.25, 0.3) is 5.91 Å². The Labute approximate surface area is 140 Å². The van der Waals surface area contributed by atoms with Gasteiger partial charge in [0.15, 0.2) is 0 Å². The lowest BCUT2D eigenvalue weighted by Crippen LogP contribution is -2.24. The van der Waals surface area contributed by atoms with Gasteiger partial charge in [0.05, 0.1) is 11.9 Å². The molecule has 0 bridgehead atoms. The average molecular weight is 324 g/mol. The fourth-order valence-corrected chi connectivity index (χ4v) is 2.70. The molecule has 1 amide bonds. The maximum absolute atomic E-state index is 12.0. The topological polar surface area (TPSA) is 72.4 Å². The summed E-state index contributed by atoms with van der Waals surface area (Å²) in [5.41, 5.74) is 6.11. The molecule has 0 fully saturated rings. The van der Waals surface area contributed by atoms with E-state index >= 15 is 0 Å². The Hall–Kier alpha value is -2.89. The first-order chi connectivity index (χ1) is 11.6. The number of benzene rings is 1. The second kappa shape index (κ2) is 6.70. The molecule has 6 nitrogen and oxygen atoms in total. The molecule has 0 saturated heterocycles. The van der Waals surface area contributed by atoms with Crippen molar-refractivity contribution >= 4 is 23.1 Å². The summed E-state index contributed by atoms with van der Waals surface area (Å²) in [6.07, 6.45) is 2.40. The van der Waals surface area contributed by atoms with Crippen molar-refractivity contribution in [3.05, 3.63) is 53.0 Å². The van der Waals surface area contributed by atoms with Crippen molar-refractivity contribution in [3.8, 4) is 0 Å². The number of hydrogen-bond donors (Lipinski definition) is 1. The van der Waals surface area contributed by atoms with Crippen LogP contribution in [0.1, 0.15) is 29.6 Å². The van der Waals surface area contributed by atoms with Gasteiger partial charge in [-0.25, -0.2) is 5.43 Å². The number of aromatic nitrogens is 2. The van der Waals surface area contributed by atoms with Gasteiger partial charge in [-0.15, -0.1) is 0 Å². The Balaban J connectivity index is 1.72. The number of carbonyl (C=O) groups is 1. The summed E-state index contributed by atoms with van der Waals surface area (Å²) in [6, 6.07) is 9.73. The van der Waals surface area contributed by atoms with Gasteiger partial charge >= 0.3 is 0 Å². The van der Waals surface area contributed by atoms with Crippen LogP contribution in [0, 0.1) is 13.8 Å². The molecule has 24 heavy (non-hydrogen) atoms. The van der Waals surface area contributed by atoms with Gasteiger partial charge in [0, 0.05) is 23.1 Å². The van der Waals surface area contributed by atoms with E-state index in [0.29, 0.717) is 0 Å². The van der Waals surface area contributed by atoms with E-state index in [9.17, 15) is 4.79 Å². The lowest BCUT2D eigenvalue weighted by atomic mass is 10.1. The number of nitrogens with one attached hydrogen (secondary N) is 1. The van der Waals surface area contributed by atoms with Crippen LogP contribution in [0.5, 0.6) is 0 Å². The SMILES string of the molecule is CCc1oc2ccccc2c1/C=N\NC(=O)Cn1nc(C)cc1C. The minimum Gasteiger partial charge on any atom is -0.460 e. The van der Waals surface area contributed by atoms with Crippen LogP contribution in [0.4, 0.5) is 0 Å². The quantitative estimate of drug-likeness (QED) is 0.579. The predicted octanol–water partition coefficient (Wildman–Crippen LogP) is 2.96. The molecule has 0 unspecified atom stereocenters. The van der Waals surface area contributed by atoms with Crippen LogP contribution in [0.3, 0.4) is 0 Å². The summed E-state index contributed by atoms with van der Waals surface area (Å²) in [5.74, 6) is 0.635. The molecule has 3 rings (SSSR count). The molecule has 0 spiro atoms. The molecular formula is C18H20N4O2. The normalized spacial score (nSPS) is 11.5. The summed E-state index contributed by atoms with van der Waals surface area (Å²) in [5, 5.41) is 9.34. The predicted molar refractivity (Wildman–Crippen MR) is 93.0 cm³/mol. The molecule has 6 heteroatoms. The third-order valence-corrected chi connectivity index (χ3v) is 3.81. The van der Waals surface area contributed by atoms with E-state index in [-0.39, 0.29) is 12.5 Å². The maximum atomic E-state index is 12.0. The zero-order valence-electron chi connectivity index (χ0n) is 14.0. The summed E-state index contributed by atoms with van der Waals surface area (Å²) >= 11 is 0. The van der Waals surface area contributed by atoms with Gasteiger partial charge in [0.2, 0.25) is 0 Å². The fraction of sp³-hybridized carbons (Fsp3) is 0.278. The highest BCUT2D eigenvalue weighted by atomic mass is 16.3. The average Bonchev–Trinajstić information content (AvgIpc) is 3.07. The Bertz CT molecular complexity index is 905. The van der Waals surface area contributed by atoms with Crippen molar-refractivity contribution in [2.75, 3.05) is 0 Å². The number of fused-ring (bicyclic) bond motifs is 1. The van der Waals surface area contributed by atoms with Crippen molar-refractivity contribution in [1.29, 1.82) is 0 Å². The first-order valence-electron chi connectivity index (χ1n) is 7.92.